The summed E-state index contributed by atoms with van der Waals surface area (Å²) < 4.78 is 14.3. The van der Waals surface area contributed by atoms with Gasteiger partial charge in [-0.25, -0.2) is 4.39 Å². The van der Waals surface area contributed by atoms with Crippen LogP contribution in [-0.2, 0) is 0 Å². The van der Waals surface area contributed by atoms with Gasteiger partial charge < -0.3 is 5.73 Å². The molecule has 0 aliphatic heterocycles. The smallest absolute Gasteiger partial charge is 0.153 e. The first-order chi connectivity index (χ1) is 6.68. The minimum Gasteiger partial charge on any atom is -0.397 e. The second kappa shape index (κ2) is 3.06. The summed E-state index contributed by atoms with van der Waals surface area (Å²) in [5.41, 5.74) is 6.55. The summed E-state index contributed by atoms with van der Waals surface area (Å²) in [5.74, 6) is 0.186. The van der Waals surface area contributed by atoms with Gasteiger partial charge in [0.25, 0.3) is 0 Å². The number of tetrazole rings is 1. The van der Waals surface area contributed by atoms with Crippen molar-refractivity contribution in [3.05, 3.63) is 29.8 Å². The standard InChI is InChI=1S/C8H8FN5/c1-5-11-12-13-14(5)8-4-6(9)2-3-7(8)10/h2-4H,10H2,1H3. The molecule has 2 N–H and O–H groups in total. The Balaban J connectivity index is 2.62. The maximum absolute atomic E-state index is 12.9. The zero-order valence-electron chi connectivity index (χ0n) is 7.48. The number of nitrogen functional groups attached to an aromatic ring is 1. The first-order valence-electron chi connectivity index (χ1n) is 3.99. The molecule has 6 heteroatoms. The van der Waals surface area contributed by atoms with Crippen molar-refractivity contribution >= 4 is 5.69 Å². The van der Waals surface area contributed by atoms with Crippen LogP contribution < -0.4 is 5.73 Å². The van der Waals surface area contributed by atoms with Gasteiger partial charge in [0.15, 0.2) is 5.82 Å². The molecule has 0 radical (unpaired) electrons. The fourth-order valence-corrected chi connectivity index (χ4v) is 1.15. The van der Waals surface area contributed by atoms with Crippen LogP contribution in [0.1, 0.15) is 5.82 Å². The molecule has 0 aliphatic carbocycles. The van der Waals surface area contributed by atoms with Crippen LogP contribution in [0, 0.1) is 12.7 Å². The summed E-state index contributed by atoms with van der Waals surface area (Å²) in [5, 5.41) is 10.8. The number of rotatable bonds is 1. The van der Waals surface area contributed by atoms with Crippen LogP contribution in [0.15, 0.2) is 18.2 Å². The number of benzene rings is 1. The van der Waals surface area contributed by atoms with Crippen LogP contribution in [0.3, 0.4) is 0 Å². The Bertz CT molecular complexity index is 465. The summed E-state index contributed by atoms with van der Waals surface area (Å²) in [7, 11) is 0. The number of hydrogen-bond donors (Lipinski definition) is 1. The third kappa shape index (κ3) is 1.30. The molecule has 2 aromatic rings. The van der Waals surface area contributed by atoms with Crippen molar-refractivity contribution in [1.82, 2.24) is 20.2 Å². The van der Waals surface area contributed by atoms with E-state index in [4.69, 9.17) is 5.73 Å². The fourth-order valence-electron chi connectivity index (χ4n) is 1.15. The van der Waals surface area contributed by atoms with Gasteiger partial charge in [-0.3, -0.25) is 0 Å². The lowest BCUT2D eigenvalue weighted by atomic mass is 10.2. The van der Waals surface area contributed by atoms with Crippen molar-refractivity contribution < 1.29 is 4.39 Å². The van der Waals surface area contributed by atoms with E-state index in [1.54, 1.807) is 6.92 Å². The molecule has 14 heavy (non-hydrogen) atoms. The summed E-state index contributed by atoms with van der Waals surface area (Å²) in [4.78, 5) is 0. The number of anilines is 1. The molecule has 0 aliphatic rings. The highest BCUT2D eigenvalue weighted by Gasteiger charge is 2.07. The van der Waals surface area contributed by atoms with E-state index in [9.17, 15) is 4.39 Å². The molecule has 0 atom stereocenters. The first kappa shape index (κ1) is 8.61. The maximum atomic E-state index is 12.9. The van der Waals surface area contributed by atoms with Crippen molar-refractivity contribution in [2.75, 3.05) is 5.73 Å². The molecule has 2 rings (SSSR count). The molecule has 5 nitrogen and oxygen atoms in total. The molecule has 1 heterocycles. The molecule has 0 spiro atoms. The Morgan fingerprint density at radius 3 is 2.86 bits per heavy atom. The largest absolute Gasteiger partial charge is 0.397 e. The Kier molecular flexibility index (Phi) is 1.88. The van der Waals surface area contributed by atoms with Gasteiger partial charge in [-0.2, -0.15) is 4.68 Å². The van der Waals surface area contributed by atoms with Crippen molar-refractivity contribution in [1.29, 1.82) is 0 Å². The first-order valence-corrected chi connectivity index (χ1v) is 3.99. The van der Waals surface area contributed by atoms with Crippen molar-refractivity contribution in [3.63, 3.8) is 0 Å². The molecular weight excluding hydrogens is 185 g/mol. The Hall–Kier alpha value is -1.98. The van der Waals surface area contributed by atoms with Crippen LogP contribution in [0.25, 0.3) is 5.69 Å². The molecular formula is C8H8FN5. The third-order valence-corrected chi connectivity index (χ3v) is 1.85. The maximum Gasteiger partial charge on any atom is 0.153 e. The molecule has 0 unspecified atom stereocenters. The van der Waals surface area contributed by atoms with E-state index in [2.05, 4.69) is 15.5 Å². The lowest BCUT2D eigenvalue weighted by molar-refractivity contribution is 0.624. The quantitative estimate of drug-likeness (QED) is 0.676. The number of aryl methyl sites for hydroxylation is 1. The van der Waals surface area contributed by atoms with E-state index in [1.807, 2.05) is 0 Å². The van der Waals surface area contributed by atoms with Gasteiger partial charge in [0.1, 0.15) is 5.82 Å². The van der Waals surface area contributed by atoms with E-state index >= 15 is 0 Å². The molecule has 0 fully saturated rings. The van der Waals surface area contributed by atoms with Gasteiger partial charge in [-0.15, -0.1) is 5.10 Å². The Morgan fingerprint density at radius 1 is 1.43 bits per heavy atom. The van der Waals surface area contributed by atoms with E-state index in [-0.39, 0.29) is 5.82 Å². The van der Waals surface area contributed by atoms with Gasteiger partial charge in [-0.1, -0.05) is 0 Å². The number of halogens is 1. The zero-order chi connectivity index (χ0) is 10.1. The van der Waals surface area contributed by atoms with Crippen LogP contribution in [0.2, 0.25) is 0 Å². The fraction of sp³-hybridized carbons (Fsp3) is 0.125. The monoisotopic (exact) mass is 193 g/mol. The summed E-state index contributed by atoms with van der Waals surface area (Å²) >= 11 is 0. The van der Waals surface area contributed by atoms with Crippen LogP contribution in [-0.4, -0.2) is 20.2 Å². The van der Waals surface area contributed by atoms with Crippen LogP contribution in [0.5, 0.6) is 0 Å². The van der Waals surface area contributed by atoms with Gasteiger partial charge in [0, 0.05) is 6.07 Å². The highest BCUT2D eigenvalue weighted by atomic mass is 19.1. The summed E-state index contributed by atoms with van der Waals surface area (Å²) in [6, 6.07) is 4.06. The van der Waals surface area contributed by atoms with Crippen LogP contribution >= 0.6 is 0 Å². The van der Waals surface area contributed by atoms with Gasteiger partial charge >= 0.3 is 0 Å². The molecule has 0 saturated carbocycles. The molecule has 1 aromatic carbocycles. The predicted octanol–water partition coefficient (Wildman–Crippen LogP) is 0.692. The highest BCUT2D eigenvalue weighted by molar-refractivity contribution is 5.57. The normalized spacial score (nSPS) is 10.4. The lowest BCUT2D eigenvalue weighted by Gasteiger charge is -2.04. The Labute approximate surface area is 79.3 Å². The second-order valence-corrected chi connectivity index (χ2v) is 2.84. The average molecular weight is 193 g/mol. The highest BCUT2D eigenvalue weighted by Crippen LogP contribution is 2.17. The van der Waals surface area contributed by atoms with E-state index in [1.165, 1.54) is 22.9 Å². The minimum absolute atomic E-state index is 0.371. The van der Waals surface area contributed by atoms with Gasteiger partial charge in [0.2, 0.25) is 0 Å². The molecule has 0 saturated heterocycles. The van der Waals surface area contributed by atoms with Gasteiger partial charge in [0.05, 0.1) is 11.4 Å². The molecule has 0 amide bonds. The second-order valence-electron chi connectivity index (χ2n) is 2.84. The van der Waals surface area contributed by atoms with Crippen molar-refractivity contribution in [2.45, 2.75) is 6.92 Å². The number of aromatic nitrogens is 4. The summed E-state index contributed by atoms with van der Waals surface area (Å²) in [6.07, 6.45) is 0. The molecule has 1 aromatic heterocycles. The van der Waals surface area contributed by atoms with Gasteiger partial charge in [-0.05, 0) is 29.5 Å². The van der Waals surface area contributed by atoms with E-state index in [0.717, 1.165) is 0 Å². The molecule has 0 bridgehead atoms. The topological polar surface area (TPSA) is 69.6 Å². The average Bonchev–Trinajstić information content (AvgIpc) is 2.56. The van der Waals surface area contributed by atoms with Crippen molar-refractivity contribution in [3.8, 4) is 5.69 Å². The SMILES string of the molecule is Cc1nnnn1-c1cc(F)ccc1N. The number of hydrogen-bond acceptors (Lipinski definition) is 4. The zero-order valence-corrected chi connectivity index (χ0v) is 7.48. The summed E-state index contributed by atoms with van der Waals surface area (Å²) in [6.45, 7) is 1.71. The van der Waals surface area contributed by atoms with E-state index in [0.29, 0.717) is 17.2 Å². The Morgan fingerprint density at radius 2 is 2.21 bits per heavy atom. The predicted molar refractivity (Wildman–Crippen MR) is 48.3 cm³/mol. The van der Waals surface area contributed by atoms with E-state index < -0.39 is 0 Å². The van der Waals surface area contributed by atoms with Crippen LogP contribution in [0.4, 0.5) is 10.1 Å². The lowest BCUT2D eigenvalue weighted by Crippen LogP contribution is -2.04. The number of nitrogens with zero attached hydrogens (tertiary/aromatic N) is 4. The third-order valence-electron chi connectivity index (χ3n) is 1.85. The number of nitrogens with two attached hydrogens (primary N) is 1. The molecule has 72 valence electrons. The van der Waals surface area contributed by atoms with Crippen molar-refractivity contribution in [2.24, 2.45) is 0 Å². The minimum atomic E-state index is -0.371.